The second-order valence-corrected chi connectivity index (χ2v) is 7.85. The lowest BCUT2D eigenvalue weighted by atomic mass is 10.1. The maximum absolute atomic E-state index is 6.04. The van der Waals surface area contributed by atoms with Crippen molar-refractivity contribution < 1.29 is 9.47 Å². The summed E-state index contributed by atoms with van der Waals surface area (Å²) >= 11 is 6.04. The molecule has 1 aromatic heterocycles. The molecule has 0 amide bonds. The zero-order valence-electron chi connectivity index (χ0n) is 18.0. The van der Waals surface area contributed by atoms with Crippen LogP contribution in [0.2, 0.25) is 5.02 Å². The molecule has 0 spiro atoms. The topological polar surface area (TPSA) is 59.5 Å². The van der Waals surface area contributed by atoms with Gasteiger partial charge < -0.3 is 19.7 Å². The number of halogens is 1. The molecule has 30 heavy (non-hydrogen) atoms. The Morgan fingerprint density at radius 3 is 2.30 bits per heavy atom. The van der Waals surface area contributed by atoms with Crippen LogP contribution in [0.4, 0.5) is 5.82 Å². The predicted molar refractivity (Wildman–Crippen MR) is 124 cm³/mol. The number of hydrogen-bond acceptors (Lipinski definition) is 6. The number of rotatable bonds is 10. The van der Waals surface area contributed by atoms with Gasteiger partial charge in [0.25, 0.3) is 0 Å². The van der Waals surface area contributed by atoms with E-state index in [9.17, 15) is 0 Å². The van der Waals surface area contributed by atoms with Gasteiger partial charge in [0.2, 0.25) is 0 Å². The number of anilines is 1. The van der Waals surface area contributed by atoms with Crippen molar-refractivity contribution in [1.82, 2.24) is 14.9 Å². The maximum atomic E-state index is 6.04. The Balaban J connectivity index is 1.91. The quantitative estimate of drug-likeness (QED) is 0.453. The third kappa shape index (κ3) is 5.52. The van der Waals surface area contributed by atoms with E-state index < -0.39 is 0 Å². The number of fused-ring (bicyclic) bond motifs is 1. The molecule has 0 aliphatic rings. The summed E-state index contributed by atoms with van der Waals surface area (Å²) in [5.74, 6) is 2.72. The van der Waals surface area contributed by atoms with E-state index >= 15 is 0 Å². The minimum absolute atomic E-state index is 0.639. The Bertz CT molecular complexity index is 977. The fraction of sp³-hybridized carbons (Fsp3) is 0.391. The summed E-state index contributed by atoms with van der Waals surface area (Å²) in [6.07, 6.45) is 3.42. The number of unbranched alkanes of at least 4 members (excludes halogenated alkanes) is 2. The van der Waals surface area contributed by atoms with Crippen molar-refractivity contribution in [3.05, 3.63) is 41.4 Å². The fourth-order valence-corrected chi connectivity index (χ4v) is 3.38. The summed E-state index contributed by atoms with van der Waals surface area (Å²) in [5.41, 5.74) is 1.70. The fourth-order valence-electron chi connectivity index (χ4n) is 3.26. The number of methoxy groups -OCH3 is 2. The molecule has 7 heteroatoms. The molecule has 0 atom stereocenters. The minimum Gasteiger partial charge on any atom is -0.493 e. The van der Waals surface area contributed by atoms with Crippen LogP contribution in [-0.4, -0.2) is 56.3 Å². The molecular formula is C23H29ClN4O2. The highest BCUT2D eigenvalue weighted by Gasteiger charge is 2.14. The van der Waals surface area contributed by atoms with Crippen LogP contribution < -0.4 is 14.8 Å². The number of benzene rings is 2. The van der Waals surface area contributed by atoms with Gasteiger partial charge >= 0.3 is 0 Å². The van der Waals surface area contributed by atoms with Gasteiger partial charge in [0.05, 0.1) is 19.7 Å². The van der Waals surface area contributed by atoms with Crippen LogP contribution in [0.5, 0.6) is 11.5 Å². The molecule has 0 unspecified atom stereocenters. The Morgan fingerprint density at radius 2 is 1.63 bits per heavy atom. The van der Waals surface area contributed by atoms with Crippen molar-refractivity contribution in [1.29, 1.82) is 0 Å². The van der Waals surface area contributed by atoms with Gasteiger partial charge in [-0.05, 0) is 63.8 Å². The summed E-state index contributed by atoms with van der Waals surface area (Å²) in [6.45, 7) is 1.95. The molecule has 6 nitrogen and oxygen atoms in total. The number of nitrogens with one attached hydrogen (secondary N) is 1. The van der Waals surface area contributed by atoms with Crippen LogP contribution in [0.25, 0.3) is 22.3 Å². The molecule has 3 aromatic rings. The highest BCUT2D eigenvalue weighted by atomic mass is 35.5. The Kier molecular flexibility index (Phi) is 7.71. The average molecular weight is 429 g/mol. The van der Waals surface area contributed by atoms with Gasteiger partial charge in [-0.3, -0.25) is 0 Å². The number of nitrogens with zero attached hydrogens (tertiary/aromatic N) is 3. The molecule has 0 aliphatic heterocycles. The lowest BCUT2D eigenvalue weighted by Crippen LogP contribution is -2.13. The van der Waals surface area contributed by atoms with Crippen LogP contribution in [0, 0.1) is 0 Å². The van der Waals surface area contributed by atoms with Gasteiger partial charge in [-0.1, -0.05) is 18.0 Å². The summed E-state index contributed by atoms with van der Waals surface area (Å²) < 4.78 is 10.9. The molecule has 0 fully saturated rings. The molecule has 2 aromatic carbocycles. The lowest BCUT2D eigenvalue weighted by molar-refractivity contribution is 0.356. The smallest absolute Gasteiger partial charge is 0.162 e. The van der Waals surface area contributed by atoms with E-state index in [4.69, 9.17) is 31.0 Å². The van der Waals surface area contributed by atoms with Crippen molar-refractivity contribution in [2.75, 3.05) is 46.7 Å². The van der Waals surface area contributed by atoms with Gasteiger partial charge in [0.15, 0.2) is 17.3 Å². The molecule has 1 heterocycles. The SMILES string of the molecule is COc1cc2nc(-c3ccc(Cl)cc3)nc(NCCCCCN(C)C)c2cc1OC. The van der Waals surface area contributed by atoms with Crippen molar-refractivity contribution in [2.45, 2.75) is 19.3 Å². The second-order valence-electron chi connectivity index (χ2n) is 7.42. The van der Waals surface area contributed by atoms with Crippen molar-refractivity contribution in [3.8, 4) is 22.9 Å². The zero-order chi connectivity index (χ0) is 21.5. The molecule has 0 aliphatic carbocycles. The molecule has 0 bridgehead atoms. The van der Waals surface area contributed by atoms with E-state index in [1.54, 1.807) is 14.2 Å². The first-order valence-electron chi connectivity index (χ1n) is 10.1. The van der Waals surface area contributed by atoms with Gasteiger partial charge in [-0.2, -0.15) is 0 Å². The van der Waals surface area contributed by atoms with E-state index in [-0.39, 0.29) is 0 Å². The molecule has 0 radical (unpaired) electrons. The zero-order valence-corrected chi connectivity index (χ0v) is 18.8. The van der Waals surface area contributed by atoms with Crippen molar-refractivity contribution in [2.24, 2.45) is 0 Å². The normalized spacial score (nSPS) is 11.1. The van der Waals surface area contributed by atoms with Crippen LogP contribution in [-0.2, 0) is 0 Å². The van der Waals surface area contributed by atoms with Crippen LogP contribution in [0.1, 0.15) is 19.3 Å². The monoisotopic (exact) mass is 428 g/mol. The largest absolute Gasteiger partial charge is 0.493 e. The highest BCUT2D eigenvalue weighted by Crippen LogP contribution is 2.35. The molecule has 1 N–H and O–H groups in total. The molecule has 160 valence electrons. The lowest BCUT2D eigenvalue weighted by Gasteiger charge is -2.14. The van der Waals surface area contributed by atoms with Gasteiger partial charge in [0, 0.05) is 28.6 Å². The standard InChI is InChI=1S/C23H29ClN4O2/c1-28(2)13-7-5-6-12-25-23-18-14-20(29-3)21(30-4)15-19(18)26-22(27-23)16-8-10-17(24)11-9-16/h8-11,14-15H,5-7,12-13H2,1-4H3,(H,25,26,27). The number of hydrogen-bond donors (Lipinski definition) is 1. The van der Waals surface area contributed by atoms with E-state index in [1.165, 1.54) is 6.42 Å². The number of ether oxygens (including phenoxy) is 2. The van der Waals surface area contributed by atoms with Gasteiger partial charge in [-0.15, -0.1) is 0 Å². The molecule has 3 rings (SSSR count). The third-order valence-corrected chi connectivity index (χ3v) is 5.13. The van der Waals surface area contributed by atoms with Crippen LogP contribution in [0.3, 0.4) is 0 Å². The first kappa shape index (κ1) is 22.1. The van der Waals surface area contributed by atoms with E-state index in [0.29, 0.717) is 22.3 Å². The summed E-state index contributed by atoms with van der Waals surface area (Å²) in [7, 11) is 7.46. The molecule has 0 saturated carbocycles. The first-order chi connectivity index (χ1) is 14.5. The van der Waals surface area contributed by atoms with Crippen LogP contribution in [0.15, 0.2) is 36.4 Å². The van der Waals surface area contributed by atoms with Crippen molar-refractivity contribution >= 4 is 28.3 Å². The van der Waals surface area contributed by atoms with Gasteiger partial charge in [0.1, 0.15) is 5.82 Å². The van der Waals surface area contributed by atoms with E-state index in [2.05, 4.69) is 24.3 Å². The minimum atomic E-state index is 0.639. The highest BCUT2D eigenvalue weighted by molar-refractivity contribution is 6.30. The molecular weight excluding hydrogens is 400 g/mol. The van der Waals surface area contributed by atoms with Crippen molar-refractivity contribution in [3.63, 3.8) is 0 Å². The van der Waals surface area contributed by atoms with E-state index in [1.807, 2.05) is 36.4 Å². The van der Waals surface area contributed by atoms with E-state index in [0.717, 1.165) is 48.2 Å². The summed E-state index contributed by atoms with van der Waals surface area (Å²) in [4.78, 5) is 11.8. The maximum Gasteiger partial charge on any atom is 0.162 e. The Morgan fingerprint density at radius 1 is 0.933 bits per heavy atom. The molecule has 0 saturated heterocycles. The first-order valence-corrected chi connectivity index (χ1v) is 10.5. The second kappa shape index (κ2) is 10.5. The Hall–Kier alpha value is -2.57. The average Bonchev–Trinajstić information content (AvgIpc) is 2.75. The predicted octanol–water partition coefficient (Wildman–Crippen LogP) is 5.11. The third-order valence-electron chi connectivity index (χ3n) is 4.88. The number of aromatic nitrogens is 2. The van der Waals surface area contributed by atoms with Crippen LogP contribution >= 0.6 is 11.6 Å². The summed E-state index contributed by atoms with van der Waals surface area (Å²) in [6, 6.07) is 11.4. The summed E-state index contributed by atoms with van der Waals surface area (Å²) in [5, 5.41) is 5.08. The van der Waals surface area contributed by atoms with Gasteiger partial charge in [-0.25, -0.2) is 9.97 Å². The Labute approximate surface area is 183 Å².